The van der Waals surface area contributed by atoms with E-state index in [2.05, 4.69) is 10.5 Å². The lowest BCUT2D eigenvalue weighted by atomic mass is 10.2. The van der Waals surface area contributed by atoms with Crippen LogP contribution >= 0.6 is 46.4 Å². The van der Waals surface area contributed by atoms with E-state index in [-0.39, 0.29) is 11.1 Å². The van der Waals surface area contributed by atoms with Crippen LogP contribution < -0.4 is 19.7 Å². The molecule has 0 bridgehead atoms. The summed E-state index contributed by atoms with van der Waals surface area (Å²) >= 11 is 23.6. The fourth-order valence-electron chi connectivity index (χ4n) is 2.47. The Morgan fingerprint density at radius 1 is 1.00 bits per heavy atom. The van der Waals surface area contributed by atoms with Crippen LogP contribution in [0.4, 0.5) is 0 Å². The first-order chi connectivity index (χ1) is 14.5. The van der Waals surface area contributed by atoms with Crippen molar-refractivity contribution in [2.24, 2.45) is 4.99 Å². The van der Waals surface area contributed by atoms with Crippen LogP contribution in [0.5, 0.6) is 17.2 Å². The van der Waals surface area contributed by atoms with Crippen LogP contribution in [0.3, 0.4) is 0 Å². The van der Waals surface area contributed by atoms with Gasteiger partial charge in [0, 0.05) is 24.1 Å². The number of hydrogen-bond donors (Lipinski definition) is 1. The van der Waals surface area contributed by atoms with Gasteiger partial charge in [0.05, 0.1) is 23.3 Å². The maximum atomic E-state index is 6.24. The molecule has 0 aliphatic carbocycles. The van der Waals surface area contributed by atoms with Crippen molar-refractivity contribution in [3.8, 4) is 17.2 Å². The van der Waals surface area contributed by atoms with Gasteiger partial charge in [-0.2, -0.15) is 0 Å². The minimum absolute atomic E-state index is 0.125. The van der Waals surface area contributed by atoms with Crippen LogP contribution in [-0.4, -0.2) is 32.4 Å². The lowest BCUT2D eigenvalue weighted by Crippen LogP contribution is -2.17. The number of nitrogens with one attached hydrogen (secondary N) is 1. The number of amidine groups is 1. The Morgan fingerprint density at radius 2 is 1.70 bits per heavy atom. The summed E-state index contributed by atoms with van der Waals surface area (Å²) in [4.78, 5) is 9.16. The van der Waals surface area contributed by atoms with E-state index in [1.165, 1.54) is 6.08 Å². The monoisotopic (exact) mass is 490 g/mol. The highest BCUT2D eigenvalue weighted by atomic mass is 35.5. The summed E-state index contributed by atoms with van der Waals surface area (Å²) in [6.45, 7) is 1.38. The molecule has 0 amide bonds. The second kappa shape index (κ2) is 11.5. The Bertz CT molecular complexity index is 893. The van der Waals surface area contributed by atoms with Crippen LogP contribution in [0, 0.1) is 0 Å². The summed E-state index contributed by atoms with van der Waals surface area (Å²) in [5.74, 6) is 2.34. The molecule has 0 radical (unpaired) electrons. The fourth-order valence-corrected chi connectivity index (χ4v) is 3.17. The molecule has 1 N–H and O–H groups in total. The highest BCUT2D eigenvalue weighted by Crippen LogP contribution is 2.37. The third-order valence-corrected chi connectivity index (χ3v) is 4.72. The molecule has 1 aliphatic heterocycles. The quantitative estimate of drug-likeness (QED) is 0.427. The molecule has 0 saturated carbocycles. The van der Waals surface area contributed by atoms with Crippen molar-refractivity contribution in [2.75, 3.05) is 26.6 Å². The van der Waals surface area contributed by atoms with E-state index in [0.29, 0.717) is 53.7 Å². The molecule has 1 heterocycles. The summed E-state index contributed by atoms with van der Waals surface area (Å²) < 4.78 is 17.0. The second-order valence-corrected chi connectivity index (χ2v) is 7.80. The maximum absolute atomic E-state index is 6.24. The van der Waals surface area contributed by atoms with Crippen molar-refractivity contribution in [1.29, 1.82) is 0 Å². The second-order valence-electron chi connectivity index (χ2n) is 5.98. The first-order valence-corrected chi connectivity index (χ1v) is 10.5. The van der Waals surface area contributed by atoms with Gasteiger partial charge in [0.1, 0.15) is 22.6 Å². The van der Waals surface area contributed by atoms with E-state index in [4.69, 9.17) is 65.5 Å². The number of aliphatic imine (C=N–C) groups is 1. The SMILES string of the molecule is ClC(Cl)=CCOc1cc(Cl)c(OCCCOc2ccc(C3=NCON3)cc2)c(Cl)c1. The van der Waals surface area contributed by atoms with E-state index >= 15 is 0 Å². The molecule has 30 heavy (non-hydrogen) atoms. The van der Waals surface area contributed by atoms with E-state index < -0.39 is 0 Å². The van der Waals surface area contributed by atoms with Crippen molar-refractivity contribution in [2.45, 2.75) is 6.42 Å². The number of benzene rings is 2. The van der Waals surface area contributed by atoms with Gasteiger partial charge in [0.25, 0.3) is 0 Å². The summed E-state index contributed by atoms with van der Waals surface area (Å²) in [6, 6.07) is 10.8. The third kappa shape index (κ3) is 6.86. The lowest BCUT2D eigenvalue weighted by Gasteiger charge is -2.12. The highest BCUT2D eigenvalue weighted by Gasteiger charge is 2.11. The summed E-state index contributed by atoms with van der Waals surface area (Å²) in [5, 5.41) is 0.699. The van der Waals surface area contributed by atoms with Crippen LogP contribution in [0.1, 0.15) is 12.0 Å². The molecular formula is C20H18Cl4N2O4. The Kier molecular flexibility index (Phi) is 8.78. The Hall–Kier alpha value is -1.83. The van der Waals surface area contributed by atoms with Gasteiger partial charge < -0.3 is 14.2 Å². The minimum Gasteiger partial charge on any atom is -0.493 e. The number of rotatable bonds is 10. The average Bonchev–Trinajstić information content (AvgIpc) is 3.24. The predicted octanol–water partition coefficient (Wildman–Crippen LogP) is 5.78. The summed E-state index contributed by atoms with van der Waals surface area (Å²) in [5.41, 5.74) is 3.68. The zero-order valence-electron chi connectivity index (χ0n) is 15.7. The number of ether oxygens (including phenoxy) is 3. The van der Waals surface area contributed by atoms with Gasteiger partial charge >= 0.3 is 0 Å². The highest BCUT2D eigenvalue weighted by molar-refractivity contribution is 6.55. The van der Waals surface area contributed by atoms with Gasteiger partial charge in [-0.05, 0) is 30.3 Å². The molecule has 0 spiro atoms. The molecular weight excluding hydrogens is 474 g/mol. The third-order valence-electron chi connectivity index (χ3n) is 3.85. The smallest absolute Gasteiger partial charge is 0.167 e. The van der Waals surface area contributed by atoms with Gasteiger partial charge in [-0.3, -0.25) is 4.84 Å². The Balaban J connectivity index is 1.42. The average molecular weight is 492 g/mol. The topological polar surface area (TPSA) is 61.3 Å². The maximum Gasteiger partial charge on any atom is 0.167 e. The van der Waals surface area contributed by atoms with Gasteiger partial charge in [-0.15, -0.1) is 0 Å². The van der Waals surface area contributed by atoms with E-state index in [0.717, 1.165) is 11.3 Å². The Morgan fingerprint density at radius 3 is 2.33 bits per heavy atom. The van der Waals surface area contributed by atoms with E-state index in [9.17, 15) is 0 Å². The first kappa shape index (κ1) is 22.8. The Labute approximate surface area is 194 Å². The lowest BCUT2D eigenvalue weighted by molar-refractivity contribution is 0.115. The molecule has 2 aromatic carbocycles. The summed E-state index contributed by atoms with van der Waals surface area (Å²) in [7, 11) is 0. The molecule has 0 saturated heterocycles. The van der Waals surface area contributed by atoms with Gasteiger partial charge in [-0.25, -0.2) is 10.5 Å². The summed E-state index contributed by atoms with van der Waals surface area (Å²) in [6.07, 6.45) is 2.16. The van der Waals surface area contributed by atoms with Crippen molar-refractivity contribution < 1.29 is 19.0 Å². The van der Waals surface area contributed by atoms with Gasteiger partial charge in [0.15, 0.2) is 18.3 Å². The fraction of sp³-hybridized carbons (Fsp3) is 0.250. The number of hydroxylamine groups is 1. The molecule has 6 nitrogen and oxygen atoms in total. The molecule has 10 heteroatoms. The molecule has 0 unspecified atom stereocenters. The predicted molar refractivity (Wildman–Crippen MR) is 119 cm³/mol. The van der Waals surface area contributed by atoms with E-state index in [1.54, 1.807) is 12.1 Å². The van der Waals surface area contributed by atoms with Crippen LogP contribution in [0.15, 0.2) is 52.0 Å². The van der Waals surface area contributed by atoms with Crippen molar-refractivity contribution in [3.05, 3.63) is 62.6 Å². The molecule has 0 aromatic heterocycles. The number of hydrogen-bond acceptors (Lipinski definition) is 6. The van der Waals surface area contributed by atoms with Crippen LogP contribution in [0.2, 0.25) is 10.0 Å². The molecule has 3 rings (SSSR count). The normalized spacial score (nSPS) is 12.7. The van der Waals surface area contributed by atoms with Crippen LogP contribution in [-0.2, 0) is 4.84 Å². The van der Waals surface area contributed by atoms with Crippen LogP contribution in [0.25, 0.3) is 0 Å². The van der Waals surface area contributed by atoms with Gasteiger partial charge in [0.2, 0.25) is 0 Å². The first-order valence-electron chi connectivity index (χ1n) is 8.94. The zero-order valence-corrected chi connectivity index (χ0v) is 18.7. The molecule has 160 valence electrons. The molecule has 0 fully saturated rings. The molecule has 0 atom stereocenters. The number of halogens is 4. The minimum atomic E-state index is 0.125. The largest absolute Gasteiger partial charge is 0.493 e. The van der Waals surface area contributed by atoms with Gasteiger partial charge in [-0.1, -0.05) is 46.4 Å². The standard InChI is InChI=1S/C20H18Cl4N2O4/c21-16-10-15(28-9-6-18(23)24)11-17(22)19(16)29-8-1-7-27-14-4-2-13(3-5-14)20-25-12-30-26-20/h2-6,10-11H,1,7-9,12H2,(H,25,26). The van der Waals surface area contributed by atoms with Crippen molar-refractivity contribution in [3.63, 3.8) is 0 Å². The van der Waals surface area contributed by atoms with E-state index in [1.807, 2.05) is 24.3 Å². The molecule has 2 aromatic rings. The molecule has 1 aliphatic rings. The number of nitrogens with zero attached hydrogens (tertiary/aromatic N) is 1. The van der Waals surface area contributed by atoms with Crippen molar-refractivity contribution >= 4 is 52.2 Å². The zero-order chi connectivity index (χ0) is 21.3. The van der Waals surface area contributed by atoms with Crippen molar-refractivity contribution in [1.82, 2.24) is 5.48 Å².